The lowest BCUT2D eigenvalue weighted by atomic mass is 10.1. The molecular weight excluding hydrogens is 254 g/mol. The summed E-state index contributed by atoms with van der Waals surface area (Å²) in [5, 5.41) is 5.36. The average molecular weight is 277 g/mol. The Hall–Kier alpha value is -1.88. The molecule has 0 saturated heterocycles. The molecule has 1 aromatic carbocycles. The van der Waals surface area contributed by atoms with Crippen LogP contribution in [0.4, 0.5) is 5.69 Å². The van der Waals surface area contributed by atoms with Crippen molar-refractivity contribution in [3.63, 3.8) is 0 Å². The lowest BCUT2D eigenvalue weighted by Gasteiger charge is -2.07. The van der Waals surface area contributed by atoms with Crippen LogP contribution in [0.5, 0.6) is 0 Å². The Labute approximate surface area is 119 Å². The van der Waals surface area contributed by atoms with Crippen molar-refractivity contribution in [3.05, 3.63) is 29.8 Å². The van der Waals surface area contributed by atoms with Crippen LogP contribution in [0, 0.1) is 0 Å². The minimum atomic E-state index is -0.164. The van der Waals surface area contributed by atoms with Crippen molar-refractivity contribution in [1.29, 1.82) is 0 Å². The first-order valence-corrected chi connectivity index (χ1v) is 6.99. The largest absolute Gasteiger partial charge is 0.355 e. The van der Waals surface area contributed by atoms with Gasteiger partial charge in [-0.25, -0.2) is 0 Å². The molecule has 0 aliphatic heterocycles. The number of benzene rings is 1. The standard InChI is InChI=1S/C15H23N3O2/c1-17-15(20)12-7-6-8-13(11-12)18-14(19)9-4-2-3-5-10-16/h6-8,11H,2-5,9-10,16H2,1H3,(H,17,20)(H,18,19). The number of carbonyl (C=O) groups excluding carboxylic acids is 2. The maximum Gasteiger partial charge on any atom is 0.251 e. The molecule has 0 saturated carbocycles. The molecule has 0 bridgehead atoms. The third-order valence-corrected chi connectivity index (χ3v) is 2.99. The monoisotopic (exact) mass is 277 g/mol. The van der Waals surface area contributed by atoms with E-state index in [1.165, 1.54) is 0 Å². The first kappa shape index (κ1) is 16.2. The van der Waals surface area contributed by atoms with E-state index < -0.39 is 0 Å². The molecule has 0 radical (unpaired) electrons. The highest BCUT2D eigenvalue weighted by molar-refractivity contribution is 5.97. The van der Waals surface area contributed by atoms with Gasteiger partial charge in [0.15, 0.2) is 0 Å². The zero-order valence-electron chi connectivity index (χ0n) is 11.9. The molecule has 0 aliphatic carbocycles. The molecule has 0 heterocycles. The molecule has 1 rings (SSSR count). The predicted octanol–water partition coefficient (Wildman–Crippen LogP) is 1.89. The molecule has 4 N–H and O–H groups in total. The molecule has 0 fully saturated rings. The minimum absolute atomic E-state index is 0.0215. The normalized spacial score (nSPS) is 10.1. The van der Waals surface area contributed by atoms with E-state index in [0.29, 0.717) is 24.2 Å². The fraction of sp³-hybridized carbons (Fsp3) is 0.467. The highest BCUT2D eigenvalue weighted by atomic mass is 16.2. The minimum Gasteiger partial charge on any atom is -0.355 e. The first-order chi connectivity index (χ1) is 9.67. The van der Waals surface area contributed by atoms with Gasteiger partial charge in [-0.05, 0) is 37.6 Å². The van der Waals surface area contributed by atoms with E-state index in [4.69, 9.17) is 5.73 Å². The number of hydrogen-bond donors (Lipinski definition) is 3. The molecule has 5 heteroatoms. The highest BCUT2D eigenvalue weighted by Gasteiger charge is 2.06. The van der Waals surface area contributed by atoms with Crippen LogP contribution in [0.1, 0.15) is 42.5 Å². The van der Waals surface area contributed by atoms with Crippen LogP contribution in [0.15, 0.2) is 24.3 Å². The molecule has 5 nitrogen and oxygen atoms in total. The third kappa shape index (κ3) is 5.84. The topological polar surface area (TPSA) is 84.2 Å². The highest BCUT2D eigenvalue weighted by Crippen LogP contribution is 2.12. The van der Waals surface area contributed by atoms with E-state index in [-0.39, 0.29) is 11.8 Å². The number of unbranched alkanes of at least 4 members (excludes halogenated alkanes) is 3. The van der Waals surface area contributed by atoms with Crippen LogP contribution in [-0.2, 0) is 4.79 Å². The van der Waals surface area contributed by atoms with Crippen molar-refractivity contribution in [2.45, 2.75) is 32.1 Å². The predicted molar refractivity (Wildman–Crippen MR) is 80.6 cm³/mol. The Morgan fingerprint density at radius 1 is 1.15 bits per heavy atom. The van der Waals surface area contributed by atoms with E-state index in [1.807, 2.05) is 0 Å². The number of hydrogen-bond acceptors (Lipinski definition) is 3. The summed E-state index contributed by atoms with van der Waals surface area (Å²) >= 11 is 0. The quantitative estimate of drug-likeness (QED) is 0.634. The number of rotatable bonds is 8. The summed E-state index contributed by atoms with van der Waals surface area (Å²) in [5.41, 5.74) is 6.60. The Morgan fingerprint density at radius 2 is 1.90 bits per heavy atom. The van der Waals surface area contributed by atoms with Crippen molar-refractivity contribution in [2.24, 2.45) is 5.73 Å². The van der Waals surface area contributed by atoms with E-state index in [9.17, 15) is 9.59 Å². The van der Waals surface area contributed by atoms with Crippen LogP contribution in [0.2, 0.25) is 0 Å². The van der Waals surface area contributed by atoms with Gasteiger partial charge in [0.2, 0.25) is 5.91 Å². The fourth-order valence-electron chi connectivity index (χ4n) is 1.89. The molecule has 0 aliphatic rings. The van der Waals surface area contributed by atoms with Gasteiger partial charge in [-0.15, -0.1) is 0 Å². The summed E-state index contributed by atoms with van der Waals surface area (Å²) in [5.74, 6) is -0.185. The van der Waals surface area contributed by atoms with Crippen LogP contribution < -0.4 is 16.4 Å². The van der Waals surface area contributed by atoms with Gasteiger partial charge in [0.25, 0.3) is 5.91 Å². The summed E-state index contributed by atoms with van der Waals surface area (Å²) in [6.45, 7) is 0.707. The van der Waals surface area contributed by atoms with E-state index in [1.54, 1.807) is 31.3 Å². The van der Waals surface area contributed by atoms with Gasteiger partial charge in [0.1, 0.15) is 0 Å². The summed E-state index contributed by atoms with van der Waals surface area (Å²) < 4.78 is 0. The zero-order chi connectivity index (χ0) is 14.8. The SMILES string of the molecule is CNC(=O)c1cccc(NC(=O)CCCCCCN)c1. The second-order valence-corrected chi connectivity index (χ2v) is 4.66. The van der Waals surface area contributed by atoms with Crippen LogP contribution in [0.3, 0.4) is 0 Å². The Kier molecular flexibility index (Phi) is 7.35. The molecule has 20 heavy (non-hydrogen) atoms. The Morgan fingerprint density at radius 3 is 2.60 bits per heavy atom. The molecule has 0 aromatic heterocycles. The second-order valence-electron chi connectivity index (χ2n) is 4.66. The van der Waals surface area contributed by atoms with Gasteiger partial charge >= 0.3 is 0 Å². The summed E-state index contributed by atoms with van der Waals surface area (Å²) in [4.78, 5) is 23.2. The maximum absolute atomic E-state index is 11.8. The molecule has 1 aromatic rings. The van der Waals surface area contributed by atoms with Gasteiger partial charge in [-0.3, -0.25) is 9.59 Å². The average Bonchev–Trinajstić information content (AvgIpc) is 2.46. The first-order valence-electron chi connectivity index (χ1n) is 6.99. The lowest BCUT2D eigenvalue weighted by molar-refractivity contribution is -0.116. The van der Waals surface area contributed by atoms with Crippen LogP contribution >= 0.6 is 0 Å². The van der Waals surface area contributed by atoms with Crippen LogP contribution in [-0.4, -0.2) is 25.4 Å². The zero-order valence-corrected chi connectivity index (χ0v) is 11.9. The second kappa shape index (κ2) is 9.09. The van der Waals surface area contributed by atoms with Gasteiger partial charge in [0.05, 0.1) is 0 Å². The Balaban J connectivity index is 2.40. The lowest BCUT2D eigenvalue weighted by Crippen LogP contribution is -2.18. The summed E-state index contributed by atoms with van der Waals surface area (Å²) in [6.07, 6.45) is 4.45. The Bertz CT molecular complexity index is 446. The molecule has 2 amide bonds. The smallest absolute Gasteiger partial charge is 0.251 e. The van der Waals surface area contributed by atoms with Crippen molar-refractivity contribution in [2.75, 3.05) is 18.9 Å². The molecular formula is C15H23N3O2. The number of nitrogens with two attached hydrogens (primary N) is 1. The van der Waals surface area contributed by atoms with Gasteiger partial charge in [0, 0.05) is 24.7 Å². The fourth-order valence-corrected chi connectivity index (χ4v) is 1.89. The molecule has 0 atom stereocenters. The number of carbonyl (C=O) groups is 2. The summed E-state index contributed by atoms with van der Waals surface area (Å²) in [6, 6.07) is 6.91. The van der Waals surface area contributed by atoms with E-state index >= 15 is 0 Å². The summed E-state index contributed by atoms with van der Waals surface area (Å²) in [7, 11) is 1.58. The molecule has 110 valence electrons. The maximum atomic E-state index is 11.8. The number of nitrogens with one attached hydrogen (secondary N) is 2. The van der Waals surface area contributed by atoms with Gasteiger partial charge in [-0.2, -0.15) is 0 Å². The third-order valence-electron chi connectivity index (χ3n) is 2.99. The molecule has 0 unspecified atom stereocenters. The van der Waals surface area contributed by atoms with Crippen molar-refractivity contribution in [1.82, 2.24) is 5.32 Å². The van der Waals surface area contributed by atoms with Crippen LogP contribution in [0.25, 0.3) is 0 Å². The van der Waals surface area contributed by atoms with E-state index in [0.717, 1.165) is 25.7 Å². The van der Waals surface area contributed by atoms with Gasteiger partial charge in [-0.1, -0.05) is 18.9 Å². The van der Waals surface area contributed by atoms with Crippen molar-refractivity contribution in [3.8, 4) is 0 Å². The van der Waals surface area contributed by atoms with Crippen molar-refractivity contribution >= 4 is 17.5 Å². The van der Waals surface area contributed by atoms with Gasteiger partial charge < -0.3 is 16.4 Å². The number of amides is 2. The molecule has 0 spiro atoms. The van der Waals surface area contributed by atoms with E-state index in [2.05, 4.69) is 10.6 Å². The number of anilines is 1. The van der Waals surface area contributed by atoms with Crippen molar-refractivity contribution < 1.29 is 9.59 Å².